The molecule has 1 aliphatic heterocycles. The molecule has 1 aliphatic rings. The number of carbonyl (C=O) groups is 1. The second-order valence-corrected chi connectivity index (χ2v) is 4.42. The molecule has 1 aromatic heterocycles. The van der Waals surface area contributed by atoms with E-state index in [0.717, 1.165) is 37.2 Å². The molecule has 2 heterocycles. The Morgan fingerprint density at radius 1 is 1.33 bits per heavy atom. The molecule has 0 unspecified atom stereocenters. The number of rotatable bonds is 4. The third-order valence-corrected chi connectivity index (χ3v) is 3.05. The Bertz CT molecular complexity index is 456. The van der Waals surface area contributed by atoms with Crippen molar-refractivity contribution < 1.29 is 14.6 Å². The Hall–Kier alpha value is -1.85. The zero-order valence-electron chi connectivity index (χ0n) is 10.6. The Kier molecular flexibility index (Phi) is 3.64. The van der Waals surface area contributed by atoms with E-state index in [2.05, 4.69) is 14.9 Å². The van der Waals surface area contributed by atoms with Gasteiger partial charge in [0.25, 0.3) is 0 Å². The molecule has 0 spiro atoms. The lowest BCUT2D eigenvalue weighted by molar-refractivity contribution is -0.139. The van der Waals surface area contributed by atoms with E-state index in [-0.39, 0.29) is 6.61 Å². The monoisotopic (exact) mass is 251 g/mol. The van der Waals surface area contributed by atoms with Gasteiger partial charge in [-0.3, -0.25) is 0 Å². The van der Waals surface area contributed by atoms with E-state index < -0.39 is 5.97 Å². The summed E-state index contributed by atoms with van der Waals surface area (Å²) >= 11 is 0. The number of hydrogen-bond donors (Lipinski definition) is 1. The van der Waals surface area contributed by atoms with Crippen molar-refractivity contribution in [1.82, 2.24) is 9.97 Å². The maximum Gasteiger partial charge on any atom is 0.341 e. The number of carboxylic acid groups (broad SMARTS) is 1. The van der Waals surface area contributed by atoms with Crippen LogP contribution in [0, 0.1) is 13.8 Å². The number of aryl methyl sites for hydroxylation is 1. The van der Waals surface area contributed by atoms with Crippen molar-refractivity contribution in [3.63, 3.8) is 0 Å². The lowest BCUT2D eigenvalue weighted by atomic mass is 10.2. The predicted octanol–water partition coefficient (Wildman–Crippen LogP) is 1.16. The molecule has 0 aliphatic carbocycles. The van der Waals surface area contributed by atoms with Crippen LogP contribution in [-0.2, 0) is 4.79 Å². The molecular formula is C12H17N3O3. The molecule has 18 heavy (non-hydrogen) atoms. The maximum absolute atomic E-state index is 10.5. The van der Waals surface area contributed by atoms with E-state index >= 15 is 0 Å². The van der Waals surface area contributed by atoms with Gasteiger partial charge < -0.3 is 14.7 Å². The molecule has 0 saturated carbocycles. The second-order valence-electron chi connectivity index (χ2n) is 4.42. The average molecular weight is 251 g/mol. The van der Waals surface area contributed by atoms with Crippen LogP contribution in [0.5, 0.6) is 5.88 Å². The first kappa shape index (κ1) is 12.6. The van der Waals surface area contributed by atoms with Gasteiger partial charge in [0.05, 0.1) is 0 Å². The Labute approximate surface area is 106 Å². The molecule has 1 saturated heterocycles. The summed E-state index contributed by atoms with van der Waals surface area (Å²) < 4.78 is 5.20. The summed E-state index contributed by atoms with van der Waals surface area (Å²) in [6, 6.07) is 0. The first-order valence-electron chi connectivity index (χ1n) is 6.02. The predicted molar refractivity (Wildman–Crippen MR) is 66.1 cm³/mol. The van der Waals surface area contributed by atoms with E-state index in [0.29, 0.717) is 11.8 Å². The SMILES string of the molecule is Cc1nc(N2CCCC2)nc(OCC(=O)O)c1C. The Morgan fingerprint density at radius 2 is 2.00 bits per heavy atom. The molecule has 0 radical (unpaired) electrons. The highest BCUT2D eigenvalue weighted by atomic mass is 16.5. The van der Waals surface area contributed by atoms with Crippen LogP contribution in [-0.4, -0.2) is 40.7 Å². The van der Waals surface area contributed by atoms with E-state index in [1.165, 1.54) is 0 Å². The van der Waals surface area contributed by atoms with Gasteiger partial charge in [-0.25, -0.2) is 9.78 Å². The number of carboxylic acids is 1. The topological polar surface area (TPSA) is 75.5 Å². The van der Waals surface area contributed by atoms with Crippen molar-refractivity contribution in [2.45, 2.75) is 26.7 Å². The lowest BCUT2D eigenvalue weighted by Gasteiger charge is -2.17. The Balaban J connectivity index is 2.24. The van der Waals surface area contributed by atoms with E-state index in [4.69, 9.17) is 9.84 Å². The summed E-state index contributed by atoms with van der Waals surface area (Å²) in [4.78, 5) is 21.4. The van der Waals surface area contributed by atoms with Crippen LogP contribution in [0.25, 0.3) is 0 Å². The minimum absolute atomic E-state index is 0.367. The summed E-state index contributed by atoms with van der Waals surface area (Å²) in [5, 5.41) is 8.64. The van der Waals surface area contributed by atoms with Crippen LogP contribution in [0.3, 0.4) is 0 Å². The van der Waals surface area contributed by atoms with Crippen molar-refractivity contribution in [2.75, 3.05) is 24.6 Å². The van der Waals surface area contributed by atoms with Gasteiger partial charge in [-0.2, -0.15) is 4.98 Å². The number of aliphatic carboxylic acids is 1. The zero-order chi connectivity index (χ0) is 13.1. The van der Waals surface area contributed by atoms with Gasteiger partial charge in [-0.05, 0) is 26.7 Å². The lowest BCUT2D eigenvalue weighted by Crippen LogP contribution is -2.22. The molecule has 0 aromatic carbocycles. The first-order chi connectivity index (χ1) is 8.58. The largest absolute Gasteiger partial charge is 0.479 e. The quantitative estimate of drug-likeness (QED) is 0.865. The fraction of sp³-hybridized carbons (Fsp3) is 0.583. The third kappa shape index (κ3) is 2.69. The fourth-order valence-electron chi connectivity index (χ4n) is 1.92. The van der Waals surface area contributed by atoms with Gasteiger partial charge in [-0.1, -0.05) is 0 Å². The fourth-order valence-corrected chi connectivity index (χ4v) is 1.92. The molecule has 0 atom stereocenters. The molecule has 1 N–H and O–H groups in total. The van der Waals surface area contributed by atoms with Crippen molar-refractivity contribution >= 4 is 11.9 Å². The highest BCUT2D eigenvalue weighted by Gasteiger charge is 2.18. The van der Waals surface area contributed by atoms with Crippen molar-refractivity contribution in [3.8, 4) is 5.88 Å². The van der Waals surface area contributed by atoms with E-state index in [1.54, 1.807) is 0 Å². The van der Waals surface area contributed by atoms with Crippen LogP contribution in [0.15, 0.2) is 0 Å². The summed E-state index contributed by atoms with van der Waals surface area (Å²) in [6.45, 7) is 5.23. The van der Waals surface area contributed by atoms with Crippen molar-refractivity contribution in [1.29, 1.82) is 0 Å². The van der Waals surface area contributed by atoms with Crippen LogP contribution in [0.4, 0.5) is 5.95 Å². The van der Waals surface area contributed by atoms with Gasteiger partial charge in [0.15, 0.2) is 6.61 Å². The molecule has 0 amide bonds. The number of anilines is 1. The highest BCUT2D eigenvalue weighted by molar-refractivity contribution is 5.68. The minimum Gasteiger partial charge on any atom is -0.479 e. The molecule has 1 aromatic rings. The summed E-state index contributed by atoms with van der Waals surface area (Å²) in [5.41, 5.74) is 1.62. The van der Waals surface area contributed by atoms with Gasteiger partial charge in [0, 0.05) is 24.3 Å². The standard InChI is InChI=1S/C12H17N3O3/c1-8-9(2)13-12(15-5-3-4-6-15)14-11(8)18-7-10(16)17/h3-7H2,1-2H3,(H,16,17). The van der Waals surface area contributed by atoms with Gasteiger partial charge >= 0.3 is 5.97 Å². The van der Waals surface area contributed by atoms with Gasteiger partial charge in [0.1, 0.15) is 0 Å². The zero-order valence-corrected chi connectivity index (χ0v) is 10.6. The summed E-state index contributed by atoms with van der Waals surface area (Å²) in [6.07, 6.45) is 2.28. The van der Waals surface area contributed by atoms with Gasteiger partial charge in [-0.15, -0.1) is 0 Å². The van der Waals surface area contributed by atoms with Gasteiger partial charge in [0.2, 0.25) is 11.8 Å². The molecule has 6 nitrogen and oxygen atoms in total. The third-order valence-electron chi connectivity index (χ3n) is 3.05. The minimum atomic E-state index is -1.01. The maximum atomic E-state index is 10.5. The summed E-state index contributed by atoms with van der Waals surface area (Å²) in [7, 11) is 0. The molecule has 6 heteroatoms. The molecule has 98 valence electrons. The number of ether oxygens (including phenoxy) is 1. The smallest absolute Gasteiger partial charge is 0.341 e. The first-order valence-corrected chi connectivity index (χ1v) is 6.02. The van der Waals surface area contributed by atoms with Crippen LogP contribution < -0.4 is 9.64 Å². The number of nitrogens with zero attached hydrogens (tertiary/aromatic N) is 3. The van der Waals surface area contributed by atoms with Crippen molar-refractivity contribution in [2.24, 2.45) is 0 Å². The second kappa shape index (κ2) is 5.20. The average Bonchev–Trinajstić information content (AvgIpc) is 2.84. The van der Waals surface area contributed by atoms with E-state index in [1.807, 2.05) is 13.8 Å². The van der Waals surface area contributed by atoms with Crippen LogP contribution in [0.2, 0.25) is 0 Å². The molecular weight excluding hydrogens is 234 g/mol. The number of hydrogen-bond acceptors (Lipinski definition) is 5. The normalized spacial score (nSPS) is 14.9. The molecule has 0 bridgehead atoms. The highest BCUT2D eigenvalue weighted by Crippen LogP contribution is 2.23. The summed E-state index contributed by atoms with van der Waals surface area (Å²) in [5.74, 6) is -0.00354. The van der Waals surface area contributed by atoms with Crippen LogP contribution >= 0.6 is 0 Å². The Morgan fingerprint density at radius 3 is 2.61 bits per heavy atom. The molecule has 2 rings (SSSR count). The van der Waals surface area contributed by atoms with Crippen molar-refractivity contribution in [3.05, 3.63) is 11.3 Å². The van der Waals surface area contributed by atoms with Crippen LogP contribution in [0.1, 0.15) is 24.1 Å². The number of aromatic nitrogens is 2. The molecule has 1 fully saturated rings. The van der Waals surface area contributed by atoms with E-state index in [9.17, 15) is 4.79 Å².